The second kappa shape index (κ2) is 6.17. The van der Waals surface area contributed by atoms with E-state index in [1.165, 1.54) is 12.8 Å². The van der Waals surface area contributed by atoms with Gasteiger partial charge in [-0.3, -0.25) is 9.78 Å². The molecular formula is C16H20N4O2. The number of carbonyl (C=O) groups excluding carboxylic acids is 1. The number of rotatable bonds is 3. The van der Waals surface area contributed by atoms with Gasteiger partial charge in [0.1, 0.15) is 11.5 Å². The van der Waals surface area contributed by atoms with Crippen molar-refractivity contribution in [2.24, 2.45) is 5.92 Å². The van der Waals surface area contributed by atoms with Crippen LogP contribution in [0.1, 0.15) is 36.0 Å². The Morgan fingerprint density at radius 2 is 2.14 bits per heavy atom. The first-order chi connectivity index (χ1) is 10.6. The molecule has 3 heterocycles. The number of aromatic nitrogens is 2. The van der Waals surface area contributed by atoms with Gasteiger partial charge in [-0.05, 0) is 37.8 Å². The molecule has 0 aliphatic carbocycles. The van der Waals surface area contributed by atoms with Gasteiger partial charge in [-0.15, -0.1) is 0 Å². The van der Waals surface area contributed by atoms with E-state index < -0.39 is 0 Å². The van der Waals surface area contributed by atoms with Crippen LogP contribution in [0.25, 0.3) is 0 Å². The number of pyridine rings is 1. The highest BCUT2D eigenvalue weighted by molar-refractivity contribution is 6.02. The second-order valence-corrected chi connectivity index (χ2v) is 5.85. The molecule has 0 bridgehead atoms. The molecule has 0 unspecified atom stereocenters. The Hall–Kier alpha value is -2.37. The number of nitrogens with one attached hydrogen (secondary N) is 1. The fourth-order valence-electron chi connectivity index (χ4n) is 2.61. The Morgan fingerprint density at radius 3 is 2.82 bits per heavy atom. The zero-order valence-electron chi connectivity index (χ0n) is 12.9. The van der Waals surface area contributed by atoms with E-state index in [2.05, 4.69) is 27.3 Å². The lowest BCUT2D eigenvalue weighted by atomic mass is 9.99. The predicted octanol–water partition coefficient (Wildman–Crippen LogP) is 2.87. The van der Waals surface area contributed by atoms with Gasteiger partial charge in [-0.2, -0.15) is 0 Å². The smallest absolute Gasteiger partial charge is 0.275 e. The van der Waals surface area contributed by atoms with E-state index in [-0.39, 0.29) is 5.91 Å². The van der Waals surface area contributed by atoms with Gasteiger partial charge in [-0.25, -0.2) is 0 Å². The van der Waals surface area contributed by atoms with Gasteiger partial charge in [0.25, 0.3) is 5.91 Å². The molecule has 1 aliphatic rings. The van der Waals surface area contributed by atoms with Crippen LogP contribution in [-0.4, -0.2) is 29.1 Å². The Kier molecular flexibility index (Phi) is 4.09. The van der Waals surface area contributed by atoms with Crippen molar-refractivity contribution in [1.82, 2.24) is 10.1 Å². The van der Waals surface area contributed by atoms with Crippen molar-refractivity contribution in [1.29, 1.82) is 0 Å². The van der Waals surface area contributed by atoms with Crippen molar-refractivity contribution in [2.45, 2.75) is 26.7 Å². The van der Waals surface area contributed by atoms with Crippen molar-refractivity contribution in [3.05, 3.63) is 35.9 Å². The molecule has 2 aromatic rings. The van der Waals surface area contributed by atoms with Crippen LogP contribution < -0.4 is 10.2 Å². The maximum atomic E-state index is 12.2. The number of piperidine rings is 1. The molecular weight excluding hydrogens is 280 g/mol. The monoisotopic (exact) mass is 300 g/mol. The largest absolute Gasteiger partial charge is 0.371 e. The molecule has 2 aromatic heterocycles. The molecule has 0 atom stereocenters. The molecule has 6 heteroatoms. The molecule has 6 nitrogen and oxygen atoms in total. The summed E-state index contributed by atoms with van der Waals surface area (Å²) in [6.07, 6.45) is 4.04. The van der Waals surface area contributed by atoms with E-state index >= 15 is 0 Å². The normalized spacial score (nSPS) is 15.8. The zero-order chi connectivity index (χ0) is 15.5. The van der Waals surface area contributed by atoms with Gasteiger partial charge in [-0.1, -0.05) is 12.1 Å². The lowest BCUT2D eigenvalue weighted by Gasteiger charge is -2.32. The lowest BCUT2D eigenvalue weighted by Crippen LogP contribution is -2.33. The van der Waals surface area contributed by atoms with E-state index in [1.807, 2.05) is 12.1 Å². The van der Waals surface area contributed by atoms with Gasteiger partial charge in [0.2, 0.25) is 0 Å². The van der Waals surface area contributed by atoms with Gasteiger partial charge in [0, 0.05) is 31.0 Å². The summed E-state index contributed by atoms with van der Waals surface area (Å²) in [4.78, 5) is 18.7. The van der Waals surface area contributed by atoms with Gasteiger partial charge >= 0.3 is 0 Å². The Balaban J connectivity index is 1.71. The quantitative estimate of drug-likeness (QED) is 0.943. The molecule has 3 rings (SSSR count). The molecule has 1 amide bonds. The second-order valence-electron chi connectivity index (χ2n) is 5.85. The maximum Gasteiger partial charge on any atom is 0.275 e. The number of nitrogens with zero attached hydrogens (tertiary/aromatic N) is 3. The third kappa shape index (κ3) is 3.27. The number of carbonyl (C=O) groups is 1. The SMILES string of the molecule is Cc1cc(NC(=O)c2cc(N3CCC(C)CC3)ccn2)no1. The van der Waals surface area contributed by atoms with Crippen LogP contribution in [0.15, 0.2) is 28.9 Å². The minimum atomic E-state index is -0.277. The minimum absolute atomic E-state index is 0.277. The summed E-state index contributed by atoms with van der Waals surface area (Å²) in [5.74, 6) is 1.55. The molecule has 0 saturated carbocycles. The van der Waals surface area contributed by atoms with Crippen LogP contribution in [0.2, 0.25) is 0 Å². The first-order valence-corrected chi connectivity index (χ1v) is 7.57. The molecule has 22 heavy (non-hydrogen) atoms. The van der Waals surface area contributed by atoms with E-state index in [1.54, 1.807) is 19.2 Å². The summed E-state index contributed by atoms with van der Waals surface area (Å²) in [5.41, 5.74) is 1.43. The average molecular weight is 300 g/mol. The highest BCUT2D eigenvalue weighted by Crippen LogP contribution is 2.23. The van der Waals surface area contributed by atoms with E-state index in [4.69, 9.17) is 4.52 Å². The van der Waals surface area contributed by atoms with E-state index in [9.17, 15) is 4.79 Å². The first kappa shape index (κ1) is 14.6. The highest BCUT2D eigenvalue weighted by atomic mass is 16.5. The molecule has 1 aliphatic heterocycles. The van der Waals surface area contributed by atoms with Crippen LogP contribution in [0.3, 0.4) is 0 Å². The third-order valence-corrected chi connectivity index (χ3v) is 3.99. The zero-order valence-corrected chi connectivity index (χ0v) is 12.9. The van der Waals surface area contributed by atoms with E-state index in [0.29, 0.717) is 17.3 Å². The number of hydrogen-bond donors (Lipinski definition) is 1. The molecule has 0 radical (unpaired) electrons. The maximum absolute atomic E-state index is 12.2. The molecule has 1 fully saturated rings. The van der Waals surface area contributed by atoms with Gasteiger partial charge in [0.15, 0.2) is 5.82 Å². The molecule has 1 saturated heterocycles. The molecule has 116 valence electrons. The fraction of sp³-hybridized carbons (Fsp3) is 0.438. The Morgan fingerprint density at radius 1 is 1.36 bits per heavy atom. The molecule has 0 aromatic carbocycles. The summed E-state index contributed by atoms with van der Waals surface area (Å²) in [6, 6.07) is 5.46. The standard InChI is InChI=1S/C16H20N4O2/c1-11-4-7-20(8-5-11)13-3-6-17-14(10-13)16(21)18-15-9-12(2)22-19-15/h3,6,9-11H,4-5,7-8H2,1-2H3,(H,18,19,21). The number of aryl methyl sites for hydroxylation is 1. The summed E-state index contributed by atoms with van der Waals surface area (Å²) in [7, 11) is 0. The van der Waals surface area contributed by atoms with Gasteiger partial charge in [0.05, 0.1) is 0 Å². The summed E-state index contributed by atoms with van der Waals surface area (Å²) in [5, 5.41) is 6.45. The van der Waals surface area contributed by atoms with Crippen molar-refractivity contribution in [3.63, 3.8) is 0 Å². The van der Waals surface area contributed by atoms with Crippen LogP contribution >= 0.6 is 0 Å². The molecule has 0 spiro atoms. The van der Waals surface area contributed by atoms with Crippen molar-refractivity contribution < 1.29 is 9.32 Å². The topological polar surface area (TPSA) is 71.3 Å². The van der Waals surface area contributed by atoms with Crippen molar-refractivity contribution >= 4 is 17.4 Å². The highest BCUT2D eigenvalue weighted by Gasteiger charge is 2.18. The average Bonchev–Trinajstić information content (AvgIpc) is 2.93. The first-order valence-electron chi connectivity index (χ1n) is 7.57. The summed E-state index contributed by atoms with van der Waals surface area (Å²) in [6.45, 7) is 6.10. The van der Waals surface area contributed by atoms with Crippen LogP contribution in [0.5, 0.6) is 0 Å². The van der Waals surface area contributed by atoms with Crippen LogP contribution in [-0.2, 0) is 0 Å². The number of hydrogen-bond acceptors (Lipinski definition) is 5. The van der Waals surface area contributed by atoms with Crippen LogP contribution in [0, 0.1) is 12.8 Å². The van der Waals surface area contributed by atoms with Crippen molar-refractivity contribution in [3.8, 4) is 0 Å². The third-order valence-electron chi connectivity index (χ3n) is 3.99. The fourth-order valence-corrected chi connectivity index (χ4v) is 2.61. The van der Waals surface area contributed by atoms with Crippen LogP contribution in [0.4, 0.5) is 11.5 Å². The Labute approximate surface area is 129 Å². The van der Waals surface area contributed by atoms with Crippen molar-refractivity contribution in [2.75, 3.05) is 23.3 Å². The minimum Gasteiger partial charge on any atom is -0.371 e. The number of anilines is 2. The summed E-state index contributed by atoms with van der Waals surface area (Å²) < 4.78 is 4.94. The van der Waals surface area contributed by atoms with E-state index in [0.717, 1.165) is 24.7 Å². The number of amides is 1. The lowest BCUT2D eigenvalue weighted by molar-refractivity contribution is 0.102. The summed E-state index contributed by atoms with van der Waals surface area (Å²) >= 11 is 0. The molecule has 1 N–H and O–H groups in total. The Bertz CT molecular complexity index is 660. The van der Waals surface area contributed by atoms with Gasteiger partial charge < -0.3 is 14.7 Å². The predicted molar refractivity (Wildman–Crippen MR) is 84.0 cm³/mol.